The van der Waals surface area contributed by atoms with Crippen molar-refractivity contribution < 1.29 is 23.5 Å². The second-order valence-corrected chi connectivity index (χ2v) is 7.14. The van der Waals surface area contributed by atoms with Crippen LogP contribution in [0.3, 0.4) is 0 Å². The molecule has 2 aromatic rings. The zero-order valence-corrected chi connectivity index (χ0v) is 15.5. The molecule has 0 spiro atoms. The van der Waals surface area contributed by atoms with Crippen LogP contribution in [0.1, 0.15) is 23.2 Å². The maximum atomic E-state index is 12.9. The van der Waals surface area contributed by atoms with Crippen LogP contribution in [0, 0.1) is 5.82 Å². The van der Waals surface area contributed by atoms with E-state index in [0.717, 1.165) is 30.1 Å². The summed E-state index contributed by atoms with van der Waals surface area (Å²) in [4.78, 5) is 25.1. The van der Waals surface area contributed by atoms with Gasteiger partial charge in [-0.2, -0.15) is 0 Å². The van der Waals surface area contributed by atoms with Gasteiger partial charge in [0.25, 0.3) is 5.91 Å². The molecule has 1 heterocycles. The minimum atomic E-state index is -0.556. The maximum absolute atomic E-state index is 12.9. The van der Waals surface area contributed by atoms with Crippen molar-refractivity contribution in [1.29, 1.82) is 0 Å². The van der Waals surface area contributed by atoms with E-state index < -0.39 is 24.3 Å². The molecule has 1 atom stereocenters. The topological polar surface area (TPSA) is 64.6 Å². The van der Waals surface area contributed by atoms with Gasteiger partial charge in [0.1, 0.15) is 5.82 Å². The maximum Gasteiger partial charge on any atom is 0.339 e. The van der Waals surface area contributed by atoms with E-state index in [1.807, 2.05) is 12.1 Å². The molecular formula is C20H20FNO4S. The van der Waals surface area contributed by atoms with Crippen LogP contribution in [0.4, 0.5) is 10.1 Å². The van der Waals surface area contributed by atoms with E-state index in [-0.39, 0.29) is 6.10 Å². The summed E-state index contributed by atoms with van der Waals surface area (Å²) < 4.78 is 23.6. The number of benzene rings is 2. The minimum absolute atomic E-state index is 0.209. The van der Waals surface area contributed by atoms with Crippen LogP contribution < -0.4 is 5.32 Å². The number of nitrogens with one attached hydrogen (secondary N) is 1. The van der Waals surface area contributed by atoms with E-state index in [0.29, 0.717) is 11.3 Å². The van der Waals surface area contributed by atoms with Crippen molar-refractivity contribution in [3.8, 4) is 0 Å². The van der Waals surface area contributed by atoms with Gasteiger partial charge in [-0.15, -0.1) is 11.8 Å². The number of esters is 1. The highest BCUT2D eigenvalue weighted by atomic mass is 32.2. The number of hydrogen-bond acceptors (Lipinski definition) is 5. The molecule has 1 aliphatic rings. The van der Waals surface area contributed by atoms with E-state index in [1.165, 1.54) is 24.3 Å². The number of anilines is 1. The summed E-state index contributed by atoms with van der Waals surface area (Å²) in [5, 5.41) is 2.55. The summed E-state index contributed by atoms with van der Waals surface area (Å²) in [5.74, 6) is -0.661. The number of thioether (sulfide) groups is 1. The van der Waals surface area contributed by atoms with Gasteiger partial charge in [-0.05, 0) is 49.2 Å². The van der Waals surface area contributed by atoms with Gasteiger partial charge in [-0.3, -0.25) is 4.79 Å². The molecule has 0 bridgehead atoms. The fraction of sp³-hybridized carbons (Fsp3) is 0.300. The molecule has 5 nitrogen and oxygen atoms in total. The number of carbonyl (C=O) groups excluding carboxylic acids is 2. The van der Waals surface area contributed by atoms with E-state index in [9.17, 15) is 14.0 Å². The lowest BCUT2D eigenvalue weighted by Gasteiger charge is -2.12. The first-order chi connectivity index (χ1) is 13.1. The van der Waals surface area contributed by atoms with Crippen molar-refractivity contribution in [2.45, 2.75) is 23.8 Å². The molecule has 1 aliphatic heterocycles. The molecule has 0 unspecified atom stereocenters. The molecule has 2 aromatic carbocycles. The van der Waals surface area contributed by atoms with Crippen molar-refractivity contribution in [1.82, 2.24) is 0 Å². The Labute approximate surface area is 161 Å². The Bertz CT molecular complexity index is 791. The third-order valence-corrected chi connectivity index (χ3v) is 5.22. The van der Waals surface area contributed by atoms with Crippen LogP contribution in [0.15, 0.2) is 53.4 Å². The average molecular weight is 389 g/mol. The molecule has 0 aliphatic carbocycles. The van der Waals surface area contributed by atoms with Crippen LogP contribution in [0.2, 0.25) is 0 Å². The molecule has 1 amide bonds. The lowest BCUT2D eigenvalue weighted by atomic mass is 10.2. The van der Waals surface area contributed by atoms with Gasteiger partial charge in [0.05, 0.1) is 11.7 Å². The largest absolute Gasteiger partial charge is 0.452 e. The normalized spacial score (nSPS) is 16.1. The first kappa shape index (κ1) is 19.4. The Balaban J connectivity index is 1.52. The van der Waals surface area contributed by atoms with Gasteiger partial charge >= 0.3 is 5.97 Å². The smallest absolute Gasteiger partial charge is 0.339 e. The van der Waals surface area contributed by atoms with Crippen LogP contribution in [-0.2, 0) is 14.3 Å². The quantitative estimate of drug-likeness (QED) is 0.575. The highest BCUT2D eigenvalue weighted by Crippen LogP contribution is 2.27. The van der Waals surface area contributed by atoms with Gasteiger partial charge in [-0.25, -0.2) is 9.18 Å². The van der Waals surface area contributed by atoms with E-state index >= 15 is 0 Å². The Morgan fingerprint density at radius 2 is 1.96 bits per heavy atom. The number of halogens is 1. The minimum Gasteiger partial charge on any atom is -0.452 e. The summed E-state index contributed by atoms with van der Waals surface area (Å²) in [6.07, 6.45) is 2.31. The second-order valence-electron chi connectivity index (χ2n) is 6.07. The molecule has 1 saturated heterocycles. The Kier molecular flexibility index (Phi) is 6.84. The lowest BCUT2D eigenvalue weighted by molar-refractivity contribution is -0.119. The average Bonchev–Trinajstić information content (AvgIpc) is 3.20. The first-order valence-electron chi connectivity index (χ1n) is 8.68. The number of ether oxygens (including phenoxy) is 2. The van der Waals surface area contributed by atoms with E-state index in [4.69, 9.17) is 9.47 Å². The van der Waals surface area contributed by atoms with E-state index in [2.05, 4.69) is 5.32 Å². The van der Waals surface area contributed by atoms with Crippen LogP contribution in [0.25, 0.3) is 0 Å². The Hall–Kier alpha value is -2.38. The molecule has 0 radical (unpaired) electrons. The molecule has 0 saturated carbocycles. The van der Waals surface area contributed by atoms with Crippen LogP contribution in [-0.4, -0.2) is 36.9 Å². The molecule has 1 fully saturated rings. The molecule has 27 heavy (non-hydrogen) atoms. The first-order valence-corrected chi connectivity index (χ1v) is 9.66. The summed E-state index contributed by atoms with van der Waals surface area (Å²) in [6, 6.07) is 12.5. The van der Waals surface area contributed by atoms with Crippen LogP contribution in [0.5, 0.6) is 0 Å². The number of carbonyl (C=O) groups is 2. The lowest BCUT2D eigenvalue weighted by Crippen LogP contribution is -2.21. The number of amides is 1. The van der Waals surface area contributed by atoms with Crippen molar-refractivity contribution in [3.05, 3.63) is 59.9 Å². The zero-order chi connectivity index (χ0) is 19.1. The van der Waals surface area contributed by atoms with Crippen LogP contribution >= 0.6 is 11.8 Å². The standard InChI is InChI=1S/C20H20FNO4S/c21-14-7-9-15(10-8-14)22-19(23)12-26-20(24)17-5-1-2-6-18(17)27-13-16-4-3-11-25-16/h1-2,5-10,16H,3-4,11-13H2,(H,22,23)/t16-/m1/s1. The summed E-state index contributed by atoms with van der Waals surface area (Å²) in [7, 11) is 0. The highest BCUT2D eigenvalue weighted by Gasteiger charge is 2.19. The van der Waals surface area contributed by atoms with Crippen molar-refractivity contribution >= 4 is 29.3 Å². The monoisotopic (exact) mass is 389 g/mol. The van der Waals surface area contributed by atoms with Gasteiger partial charge < -0.3 is 14.8 Å². The molecule has 7 heteroatoms. The summed E-state index contributed by atoms with van der Waals surface area (Å²) in [6.45, 7) is 0.374. The Morgan fingerprint density at radius 3 is 2.70 bits per heavy atom. The molecule has 142 valence electrons. The van der Waals surface area contributed by atoms with Gasteiger partial charge in [0, 0.05) is 22.9 Å². The molecule has 1 N–H and O–H groups in total. The summed E-state index contributed by atoms with van der Waals surface area (Å²) >= 11 is 1.55. The second kappa shape index (κ2) is 9.53. The number of rotatable bonds is 7. The van der Waals surface area contributed by atoms with E-state index in [1.54, 1.807) is 23.9 Å². The molecular weight excluding hydrogens is 369 g/mol. The Morgan fingerprint density at radius 1 is 1.19 bits per heavy atom. The van der Waals surface area contributed by atoms with Crippen molar-refractivity contribution in [3.63, 3.8) is 0 Å². The van der Waals surface area contributed by atoms with Crippen molar-refractivity contribution in [2.24, 2.45) is 0 Å². The van der Waals surface area contributed by atoms with Gasteiger partial charge in [-0.1, -0.05) is 12.1 Å². The molecule has 3 rings (SSSR count). The fourth-order valence-electron chi connectivity index (χ4n) is 2.66. The third kappa shape index (κ3) is 5.80. The predicted molar refractivity (Wildman–Crippen MR) is 101 cm³/mol. The third-order valence-electron chi connectivity index (χ3n) is 4.02. The predicted octanol–water partition coefficient (Wildman–Crippen LogP) is 3.89. The number of hydrogen-bond donors (Lipinski definition) is 1. The molecule has 0 aromatic heterocycles. The summed E-state index contributed by atoms with van der Waals surface area (Å²) in [5.41, 5.74) is 0.861. The highest BCUT2D eigenvalue weighted by molar-refractivity contribution is 7.99. The van der Waals surface area contributed by atoms with Gasteiger partial charge in [0.15, 0.2) is 6.61 Å². The zero-order valence-electron chi connectivity index (χ0n) is 14.7. The fourth-order valence-corrected chi connectivity index (χ4v) is 3.77. The van der Waals surface area contributed by atoms with Crippen molar-refractivity contribution in [2.75, 3.05) is 24.3 Å². The SMILES string of the molecule is O=C(COC(=O)c1ccccc1SC[C@H]1CCCO1)Nc1ccc(F)cc1. The van der Waals surface area contributed by atoms with Gasteiger partial charge in [0.2, 0.25) is 0 Å².